The van der Waals surface area contributed by atoms with Gasteiger partial charge < -0.3 is 9.97 Å². The summed E-state index contributed by atoms with van der Waals surface area (Å²) in [5, 5.41) is 2.09. The van der Waals surface area contributed by atoms with E-state index in [-0.39, 0.29) is 0 Å². The number of fused-ring (bicyclic) bond motifs is 2. The smallest absolute Gasteiger partial charge is 0.166 e. The first-order valence-electron chi connectivity index (χ1n) is 8.60. The van der Waals surface area contributed by atoms with Gasteiger partial charge in [0.05, 0.1) is 32.1 Å². The van der Waals surface area contributed by atoms with Crippen LogP contribution in [0.5, 0.6) is 0 Å². The Kier molecular flexibility index (Phi) is 5.38. The van der Waals surface area contributed by atoms with Gasteiger partial charge in [-0.25, -0.2) is 9.97 Å². The molecule has 0 aliphatic carbocycles. The topological polar surface area (TPSA) is 57.4 Å². The molecule has 2 aromatic heterocycles. The number of benzene rings is 2. The van der Waals surface area contributed by atoms with Gasteiger partial charge in [-0.15, -0.1) is 0 Å². The van der Waals surface area contributed by atoms with Gasteiger partial charge >= 0.3 is 0 Å². The summed E-state index contributed by atoms with van der Waals surface area (Å²) in [7, 11) is 0. The molecule has 0 saturated heterocycles. The minimum absolute atomic E-state index is 0.542. The van der Waals surface area contributed by atoms with Crippen LogP contribution in [0.25, 0.3) is 22.1 Å². The number of rotatable bonds is 7. The maximum Gasteiger partial charge on any atom is 0.166 e. The van der Waals surface area contributed by atoms with E-state index >= 15 is 0 Å². The first kappa shape index (κ1) is 17.7. The maximum absolute atomic E-state index is 6.05. The SMILES string of the molecule is Clc1cc2nc(CCCCCSc3nc4ccccc4[nH]3)[nH]c2cc1Cl. The van der Waals surface area contributed by atoms with Crippen molar-refractivity contribution in [3.63, 3.8) is 0 Å². The standard InChI is InChI=1S/C19H18Cl2N4S/c20-12-10-16-17(11-13(12)21)23-18(22-16)8-2-1-5-9-26-19-24-14-6-3-4-7-15(14)25-19/h3-4,6-7,10-11H,1-2,5,8-9H2,(H,22,23)(H,24,25). The molecule has 0 atom stereocenters. The van der Waals surface area contributed by atoms with Gasteiger partial charge in [-0.1, -0.05) is 53.5 Å². The average molecular weight is 405 g/mol. The molecule has 26 heavy (non-hydrogen) atoms. The fourth-order valence-corrected chi connectivity index (χ4v) is 4.12. The van der Waals surface area contributed by atoms with Crippen LogP contribution < -0.4 is 0 Å². The lowest BCUT2D eigenvalue weighted by molar-refractivity contribution is 0.704. The first-order chi connectivity index (χ1) is 12.7. The highest BCUT2D eigenvalue weighted by Gasteiger charge is 2.07. The Morgan fingerprint density at radius 3 is 2.58 bits per heavy atom. The van der Waals surface area contributed by atoms with Crippen LogP contribution in [0.4, 0.5) is 0 Å². The van der Waals surface area contributed by atoms with Crippen molar-refractivity contribution in [3.05, 3.63) is 52.3 Å². The quantitative estimate of drug-likeness (QED) is 0.282. The number of unbranched alkanes of at least 4 members (excludes halogenated alkanes) is 2. The summed E-state index contributed by atoms with van der Waals surface area (Å²) in [6.45, 7) is 0. The minimum atomic E-state index is 0.542. The summed E-state index contributed by atoms with van der Waals surface area (Å²) in [6.07, 6.45) is 4.34. The Morgan fingerprint density at radius 2 is 1.69 bits per heavy atom. The second-order valence-electron chi connectivity index (χ2n) is 6.19. The third kappa shape index (κ3) is 4.00. The minimum Gasteiger partial charge on any atom is -0.342 e. The average Bonchev–Trinajstić information content (AvgIpc) is 3.21. The summed E-state index contributed by atoms with van der Waals surface area (Å²) in [5.41, 5.74) is 3.94. The lowest BCUT2D eigenvalue weighted by Gasteiger charge is -1.99. The molecule has 0 saturated carbocycles. The summed E-state index contributed by atoms with van der Waals surface area (Å²) >= 11 is 13.9. The molecule has 0 aliphatic rings. The van der Waals surface area contributed by atoms with Crippen LogP contribution in [0.15, 0.2) is 41.6 Å². The van der Waals surface area contributed by atoms with Gasteiger partial charge in [0.2, 0.25) is 0 Å². The second-order valence-corrected chi connectivity index (χ2v) is 8.08. The molecule has 0 spiro atoms. The van der Waals surface area contributed by atoms with E-state index in [2.05, 4.69) is 26.0 Å². The maximum atomic E-state index is 6.05. The molecular formula is C19H18Cl2N4S. The van der Waals surface area contributed by atoms with Crippen molar-refractivity contribution in [2.75, 3.05) is 5.75 Å². The first-order valence-corrected chi connectivity index (χ1v) is 10.3. The highest BCUT2D eigenvalue weighted by Crippen LogP contribution is 2.27. The number of para-hydroxylation sites is 2. The zero-order valence-corrected chi connectivity index (χ0v) is 16.4. The molecular weight excluding hydrogens is 387 g/mol. The van der Waals surface area contributed by atoms with E-state index in [0.29, 0.717) is 10.0 Å². The Morgan fingerprint density at radius 1 is 0.846 bits per heavy atom. The monoisotopic (exact) mass is 404 g/mol. The normalized spacial score (nSPS) is 11.6. The van der Waals surface area contributed by atoms with Gasteiger partial charge in [0.1, 0.15) is 5.82 Å². The number of aryl methyl sites for hydroxylation is 1. The van der Waals surface area contributed by atoms with Gasteiger partial charge in [-0.2, -0.15) is 0 Å². The number of hydrogen-bond donors (Lipinski definition) is 2. The molecule has 0 bridgehead atoms. The number of H-pyrrole nitrogens is 2. The molecule has 2 aromatic carbocycles. The van der Waals surface area contributed by atoms with Crippen molar-refractivity contribution in [2.45, 2.75) is 30.8 Å². The van der Waals surface area contributed by atoms with E-state index in [1.807, 2.05) is 30.3 Å². The molecule has 4 rings (SSSR count). The zero-order valence-electron chi connectivity index (χ0n) is 14.1. The third-order valence-corrected chi connectivity index (χ3v) is 5.92. The number of thioether (sulfide) groups is 1. The number of nitrogens with zero attached hydrogens (tertiary/aromatic N) is 2. The van der Waals surface area contributed by atoms with Gasteiger partial charge in [-0.05, 0) is 37.1 Å². The summed E-state index contributed by atoms with van der Waals surface area (Å²) < 4.78 is 0. The van der Waals surface area contributed by atoms with E-state index in [0.717, 1.165) is 64.5 Å². The lowest BCUT2D eigenvalue weighted by atomic mass is 10.2. The summed E-state index contributed by atoms with van der Waals surface area (Å²) in [5.74, 6) is 2.05. The van der Waals surface area contributed by atoms with Crippen LogP contribution >= 0.6 is 35.0 Å². The molecule has 4 nitrogen and oxygen atoms in total. The predicted molar refractivity (Wildman–Crippen MR) is 110 cm³/mol. The van der Waals surface area contributed by atoms with Crippen LogP contribution in [-0.4, -0.2) is 25.7 Å². The van der Waals surface area contributed by atoms with Crippen LogP contribution in [0.3, 0.4) is 0 Å². The summed E-state index contributed by atoms with van der Waals surface area (Å²) in [4.78, 5) is 15.8. The summed E-state index contributed by atoms with van der Waals surface area (Å²) in [6, 6.07) is 11.8. The Labute approximate surface area is 165 Å². The number of imidazole rings is 2. The van der Waals surface area contributed by atoms with Crippen LogP contribution in [-0.2, 0) is 6.42 Å². The van der Waals surface area contributed by atoms with Gasteiger partial charge in [0.25, 0.3) is 0 Å². The number of nitrogens with one attached hydrogen (secondary N) is 2. The van der Waals surface area contributed by atoms with E-state index in [1.165, 1.54) is 0 Å². The van der Waals surface area contributed by atoms with Gasteiger partial charge in [0, 0.05) is 12.2 Å². The fraction of sp³-hybridized carbons (Fsp3) is 0.263. The third-order valence-electron chi connectivity index (χ3n) is 4.24. The highest BCUT2D eigenvalue weighted by atomic mass is 35.5. The van der Waals surface area contributed by atoms with Crippen molar-refractivity contribution in [1.82, 2.24) is 19.9 Å². The molecule has 4 aromatic rings. The highest BCUT2D eigenvalue weighted by molar-refractivity contribution is 7.99. The van der Waals surface area contributed by atoms with Crippen LogP contribution in [0.1, 0.15) is 25.1 Å². The molecule has 0 amide bonds. The largest absolute Gasteiger partial charge is 0.342 e. The van der Waals surface area contributed by atoms with E-state index in [1.54, 1.807) is 11.8 Å². The lowest BCUT2D eigenvalue weighted by Crippen LogP contribution is -1.89. The van der Waals surface area contributed by atoms with E-state index in [9.17, 15) is 0 Å². The van der Waals surface area contributed by atoms with Crippen molar-refractivity contribution < 1.29 is 0 Å². The van der Waals surface area contributed by atoms with Crippen molar-refractivity contribution in [1.29, 1.82) is 0 Å². The van der Waals surface area contributed by atoms with Crippen molar-refractivity contribution in [3.8, 4) is 0 Å². The Hall–Kier alpha value is -1.69. The molecule has 0 radical (unpaired) electrons. The molecule has 134 valence electrons. The number of halogens is 2. The molecule has 2 N–H and O–H groups in total. The Bertz CT molecular complexity index is 969. The van der Waals surface area contributed by atoms with E-state index in [4.69, 9.17) is 23.2 Å². The van der Waals surface area contributed by atoms with Crippen molar-refractivity contribution >= 4 is 57.0 Å². The molecule has 7 heteroatoms. The number of aromatic amines is 2. The van der Waals surface area contributed by atoms with Gasteiger partial charge in [-0.3, -0.25) is 0 Å². The zero-order chi connectivity index (χ0) is 17.9. The predicted octanol–water partition coefficient (Wildman–Crippen LogP) is 6.25. The van der Waals surface area contributed by atoms with Gasteiger partial charge in [0.15, 0.2) is 5.16 Å². The van der Waals surface area contributed by atoms with Crippen LogP contribution in [0.2, 0.25) is 10.0 Å². The van der Waals surface area contributed by atoms with Crippen molar-refractivity contribution in [2.24, 2.45) is 0 Å². The fourth-order valence-electron chi connectivity index (χ4n) is 2.91. The molecule has 0 unspecified atom stereocenters. The second kappa shape index (κ2) is 7.91. The number of aromatic nitrogens is 4. The molecule has 0 fully saturated rings. The molecule has 0 aliphatic heterocycles. The number of hydrogen-bond acceptors (Lipinski definition) is 3. The Balaban J connectivity index is 1.22. The molecule has 2 heterocycles. The van der Waals surface area contributed by atoms with E-state index < -0.39 is 0 Å². The van der Waals surface area contributed by atoms with Crippen LogP contribution in [0, 0.1) is 0 Å².